The molecule has 0 aliphatic carbocycles. The van der Waals surface area contributed by atoms with Gasteiger partial charge in [-0.25, -0.2) is 4.99 Å². The van der Waals surface area contributed by atoms with Crippen LogP contribution >= 0.6 is 0 Å². The number of amides is 1. The lowest BCUT2D eigenvalue weighted by Gasteiger charge is -2.31. The van der Waals surface area contributed by atoms with Crippen LogP contribution in [0.2, 0.25) is 0 Å². The van der Waals surface area contributed by atoms with Crippen LogP contribution in [0, 0.1) is 0 Å². The lowest BCUT2D eigenvalue weighted by Crippen LogP contribution is -2.48. The Morgan fingerprint density at radius 2 is 1.56 bits per heavy atom. The van der Waals surface area contributed by atoms with Crippen LogP contribution < -0.4 is 5.32 Å². The van der Waals surface area contributed by atoms with Crippen LogP contribution in [0.4, 0.5) is 0 Å². The van der Waals surface area contributed by atoms with Gasteiger partial charge in [0.05, 0.1) is 11.7 Å². The number of hydrogen-bond acceptors (Lipinski definition) is 5. The number of carbonyl (C=O) groups is 1. The molecule has 1 atom stereocenters. The van der Waals surface area contributed by atoms with Crippen molar-refractivity contribution in [2.24, 2.45) is 4.99 Å². The maximum atomic E-state index is 13.2. The number of aliphatic imine (C=N–C) groups is 1. The molecular formula is C26H21N3O3. The number of phenolic OH excluding ortho intramolecular Hbond substituents is 2. The van der Waals surface area contributed by atoms with Crippen molar-refractivity contribution in [3.8, 4) is 11.5 Å². The highest BCUT2D eigenvalue weighted by Crippen LogP contribution is 2.29. The average Bonchev–Trinajstić information content (AvgIpc) is 3.12. The molecule has 3 aromatic carbocycles. The zero-order chi connectivity index (χ0) is 22.1. The predicted molar refractivity (Wildman–Crippen MR) is 124 cm³/mol. The van der Waals surface area contributed by atoms with Crippen molar-refractivity contribution in [2.75, 3.05) is 0 Å². The topological polar surface area (TPSA) is 85.2 Å². The number of nitrogens with zero attached hydrogens (tertiary/aromatic N) is 2. The van der Waals surface area contributed by atoms with E-state index in [1.54, 1.807) is 53.6 Å². The molecule has 1 amide bonds. The Balaban J connectivity index is 1.53. The fourth-order valence-electron chi connectivity index (χ4n) is 3.86. The molecule has 2 aliphatic heterocycles. The fourth-order valence-corrected chi connectivity index (χ4v) is 3.86. The molecule has 6 nitrogen and oxygen atoms in total. The molecule has 0 saturated carbocycles. The third kappa shape index (κ3) is 3.86. The SMILES string of the molecule is O=C1/C(=C/c2ccc(O)cc2)N=C2C(Cc3ccccc3)NC(c3ccc(O)cc3)=CN12. The molecule has 0 radical (unpaired) electrons. The second-order valence-electron chi connectivity index (χ2n) is 7.74. The van der Waals surface area contributed by atoms with E-state index >= 15 is 0 Å². The van der Waals surface area contributed by atoms with Gasteiger partial charge in [-0.1, -0.05) is 42.5 Å². The van der Waals surface area contributed by atoms with E-state index in [2.05, 4.69) is 22.4 Å². The van der Waals surface area contributed by atoms with Gasteiger partial charge in [-0.3, -0.25) is 9.69 Å². The van der Waals surface area contributed by atoms with Crippen LogP contribution in [0.25, 0.3) is 11.8 Å². The maximum Gasteiger partial charge on any atom is 0.282 e. The summed E-state index contributed by atoms with van der Waals surface area (Å²) >= 11 is 0. The molecule has 0 bridgehead atoms. The lowest BCUT2D eigenvalue weighted by molar-refractivity contribution is -0.121. The van der Waals surface area contributed by atoms with Crippen LogP contribution in [-0.2, 0) is 11.2 Å². The summed E-state index contributed by atoms with van der Waals surface area (Å²) in [6, 6.07) is 23.3. The summed E-state index contributed by atoms with van der Waals surface area (Å²) in [4.78, 5) is 19.5. The smallest absolute Gasteiger partial charge is 0.282 e. The summed E-state index contributed by atoms with van der Waals surface area (Å²) in [6.45, 7) is 0. The van der Waals surface area contributed by atoms with Crippen molar-refractivity contribution in [1.29, 1.82) is 0 Å². The minimum Gasteiger partial charge on any atom is -0.508 e. The third-order valence-corrected chi connectivity index (χ3v) is 5.48. The Morgan fingerprint density at radius 3 is 2.25 bits per heavy atom. The number of aromatic hydroxyl groups is 2. The van der Waals surface area contributed by atoms with Crippen molar-refractivity contribution in [1.82, 2.24) is 10.2 Å². The summed E-state index contributed by atoms with van der Waals surface area (Å²) < 4.78 is 0. The molecule has 0 aromatic heterocycles. The molecule has 32 heavy (non-hydrogen) atoms. The first kappa shape index (κ1) is 19.6. The molecule has 5 rings (SSSR count). The van der Waals surface area contributed by atoms with E-state index in [0.717, 1.165) is 22.4 Å². The van der Waals surface area contributed by atoms with Crippen LogP contribution in [-0.4, -0.2) is 32.9 Å². The monoisotopic (exact) mass is 423 g/mol. The van der Waals surface area contributed by atoms with Gasteiger partial charge in [0.25, 0.3) is 5.91 Å². The standard InChI is InChI=1S/C26H21N3O3/c30-20-10-6-18(7-11-20)15-23-26(32)29-16-24(19-8-12-21(31)13-9-19)27-22(25(29)28-23)14-17-4-2-1-3-5-17/h1-13,15-16,22,27,30-31H,14H2/b23-15-. The third-order valence-electron chi connectivity index (χ3n) is 5.48. The number of phenols is 2. The Kier molecular flexibility index (Phi) is 4.95. The number of amidine groups is 1. The van der Waals surface area contributed by atoms with E-state index in [1.165, 1.54) is 0 Å². The number of fused-ring (bicyclic) bond motifs is 1. The number of benzene rings is 3. The van der Waals surface area contributed by atoms with Crippen molar-refractivity contribution in [3.63, 3.8) is 0 Å². The van der Waals surface area contributed by atoms with E-state index in [4.69, 9.17) is 0 Å². The Bertz CT molecular complexity index is 1240. The minimum atomic E-state index is -0.208. The van der Waals surface area contributed by atoms with Gasteiger partial charge in [-0.2, -0.15) is 0 Å². The molecule has 0 fully saturated rings. The Morgan fingerprint density at radius 1 is 0.906 bits per heavy atom. The molecule has 158 valence electrons. The molecular weight excluding hydrogens is 402 g/mol. The van der Waals surface area contributed by atoms with Gasteiger partial charge in [0.15, 0.2) is 0 Å². The molecule has 2 heterocycles. The van der Waals surface area contributed by atoms with Gasteiger partial charge >= 0.3 is 0 Å². The lowest BCUT2D eigenvalue weighted by atomic mass is 10.0. The highest BCUT2D eigenvalue weighted by molar-refractivity contribution is 6.18. The molecule has 0 spiro atoms. The minimum absolute atomic E-state index is 0.169. The summed E-state index contributed by atoms with van der Waals surface area (Å²) in [5.41, 5.74) is 3.90. The van der Waals surface area contributed by atoms with Crippen LogP contribution in [0.1, 0.15) is 16.7 Å². The normalized spacial score (nSPS) is 18.8. The molecule has 3 aromatic rings. The molecule has 6 heteroatoms. The van der Waals surface area contributed by atoms with Crippen LogP contribution in [0.5, 0.6) is 11.5 Å². The van der Waals surface area contributed by atoms with Gasteiger partial charge in [0, 0.05) is 6.20 Å². The average molecular weight is 423 g/mol. The number of nitrogens with one attached hydrogen (secondary N) is 1. The highest BCUT2D eigenvalue weighted by Gasteiger charge is 2.37. The first-order valence-corrected chi connectivity index (χ1v) is 10.3. The Labute approximate surface area is 185 Å². The molecule has 0 saturated heterocycles. The zero-order valence-corrected chi connectivity index (χ0v) is 17.1. The maximum absolute atomic E-state index is 13.2. The quantitative estimate of drug-likeness (QED) is 0.556. The van der Waals surface area contributed by atoms with Gasteiger partial charge in [0.2, 0.25) is 0 Å². The van der Waals surface area contributed by atoms with E-state index in [0.29, 0.717) is 18.0 Å². The fraction of sp³-hybridized carbons (Fsp3) is 0.0769. The second-order valence-corrected chi connectivity index (χ2v) is 7.74. The van der Waals surface area contributed by atoms with Crippen LogP contribution in [0.15, 0.2) is 95.8 Å². The highest BCUT2D eigenvalue weighted by atomic mass is 16.3. The summed E-state index contributed by atoms with van der Waals surface area (Å²) in [5, 5.41) is 22.7. The molecule has 2 aliphatic rings. The first-order chi connectivity index (χ1) is 15.6. The van der Waals surface area contributed by atoms with E-state index in [9.17, 15) is 15.0 Å². The largest absolute Gasteiger partial charge is 0.508 e. The first-order valence-electron chi connectivity index (χ1n) is 10.3. The van der Waals surface area contributed by atoms with Crippen molar-refractivity contribution < 1.29 is 15.0 Å². The van der Waals surface area contributed by atoms with E-state index in [1.807, 2.05) is 30.3 Å². The number of carbonyl (C=O) groups excluding carboxylic acids is 1. The summed E-state index contributed by atoms with van der Waals surface area (Å²) in [6.07, 6.45) is 4.14. The summed E-state index contributed by atoms with van der Waals surface area (Å²) in [7, 11) is 0. The van der Waals surface area contributed by atoms with Gasteiger partial charge in [0.1, 0.15) is 23.0 Å². The molecule has 1 unspecified atom stereocenters. The number of rotatable bonds is 4. The Hall–Kier alpha value is -4.32. The second kappa shape index (κ2) is 8.07. The van der Waals surface area contributed by atoms with E-state index in [-0.39, 0.29) is 23.4 Å². The van der Waals surface area contributed by atoms with Crippen molar-refractivity contribution in [2.45, 2.75) is 12.5 Å². The molecule has 3 N–H and O–H groups in total. The van der Waals surface area contributed by atoms with Crippen LogP contribution in [0.3, 0.4) is 0 Å². The van der Waals surface area contributed by atoms with Gasteiger partial charge in [-0.05, 0) is 65.6 Å². The van der Waals surface area contributed by atoms with E-state index < -0.39 is 0 Å². The summed E-state index contributed by atoms with van der Waals surface area (Å²) in [5.74, 6) is 0.794. The zero-order valence-electron chi connectivity index (χ0n) is 17.1. The predicted octanol–water partition coefficient (Wildman–Crippen LogP) is 3.89. The number of hydrogen-bond donors (Lipinski definition) is 3. The van der Waals surface area contributed by atoms with Crippen molar-refractivity contribution >= 4 is 23.5 Å². The van der Waals surface area contributed by atoms with Crippen molar-refractivity contribution in [3.05, 3.63) is 107 Å². The van der Waals surface area contributed by atoms with Gasteiger partial charge in [-0.15, -0.1) is 0 Å². The van der Waals surface area contributed by atoms with Gasteiger partial charge < -0.3 is 15.5 Å².